The summed E-state index contributed by atoms with van der Waals surface area (Å²) in [6.45, 7) is 3.92. The van der Waals surface area contributed by atoms with Gasteiger partial charge in [-0.15, -0.1) is 0 Å². The molecule has 4 N–H and O–H groups in total. The molecule has 1 rings (SSSR count). The monoisotopic (exact) mass is 864 g/mol. The van der Waals surface area contributed by atoms with Crippen LogP contribution < -0.4 is 4.89 Å². The fourth-order valence-electron chi connectivity index (χ4n) is 7.37. The Morgan fingerprint density at radius 3 is 1.68 bits per heavy atom. The maximum absolute atomic E-state index is 13.2. The van der Waals surface area contributed by atoms with Crippen LogP contribution in [0.3, 0.4) is 0 Å². The zero-order chi connectivity index (χ0) is 43.8. The minimum Gasteiger partial charge on any atom is -0.756 e. The van der Waals surface area contributed by atoms with Crippen LogP contribution in [0.1, 0.15) is 187 Å². The smallest absolute Gasteiger partial charge is 0.268 e. The molecule has 0 spiro atoms. The second-order valence-corrected chi connectivity index (χ2v) is 19.6. The van der Waals surface area contributed by atoms with Crippen LogP contribution in [0, 0.1) is 5.92 Å². The van der Waals surface area contributed by atoms with E-state index < -0.39 is 57.2 Å². The molecule has 0 aromatic rings. The average Bonchev–Trinajstić information content (AvgIpc) is 3.18. The van der Waals surface area contributed by atoms with E-state index in [1.54, 1.807) is 6.08 Å². The summed E-state index contributed by atoms with van der Waals surface area (Å²) >= 11 is 0. The van der Waals surface area contributed by atoms with E-state index in [2.05, 4.69) is 13.8 Å². The number of unbranched alkanes of at least 4 members (excludes halogenated alkanes) is 23. The maximum atomic E-state index is 13.2. The van der Waals surface area contributed by atoms with Gasteiger partial charge >= 0.3 is 0 Å². The second-order valence-electron chi connectivity index (χ2n) is 18.2. The molecule has 350 valence electrons. The predicted molar refractivity (Wildman–Crippen MR) is 235 cm³/mol. The third-order valence-electron chi connectivity index (χ3n) is 11.4. The molecule has 59 heavy (non-hydrogen) atoms. The van der Waals surface area contributed by atoms with Crippen molar-refractivity contribution in [2.24, 2.45) is 5.92 Å². The van der Waals surface area contributed by atoms with E-state index in [-0.39, 0.29) is 25.4 Å². The highest BCUT2D eigenvalue weighted by Crippen LogP contribution is 2.39. The fourth-order valence-corrected chi connectivity index (χ4v) is 8.08. The Morgan fingerprint density at radius 2 is 1.19 bits per heavy atom. The van der Waals surface area contributed by atoms with Crippen molar-refractivity contribution in [3.8, 4) is 0 Å². The van der Waals surface area contributed by atoms with Crippen molar-refractivity contribution >= 4 is 13.6 Å². The highest BCUT2D eigenvalue weighted by Gasteiger charge is 2.45. The zero-order valence-electron chi connectivity index (χ0n) is 38.2. The first-order valence-corrected chi connectivity index (χ1v) is 25.2. The van der Waals surface area contributed by atoms with E-state index in [0.29, 0.717) is 17.4 Å². The molecule has 0 aliphatic carbocycles. The molecule has 1 heterocycles. The highest BCUT2D eigenvalue weighted by atomic mass is 31.2. The van der Waals surface area contributed by atoms with E-state index in [9.17, 15) is 34.7 Å². The van der Waals surface area contributed by atoms with Gasteiger partial charge in [-0.05, 0) is 19.3 Å². The van der Waals surface area contributed by atoms with Gasteiger partial charge in [0.2, 0.25) is 0 Å². The lowest BCUT2D eigenvalue weighted by molar-refractivity contribution is -0.870. The van der Waals surface area contributed by atoms with Gasteiger partial charge in [-0.25, -0.2) is 0 Å². The number of Topliss-reactive ketones (excluding diaryl/α,β-unsaturated/α-hetero) is 1. The molecule has 12 nitrogen and oxygen atoms in total. The Bertz CT molecular complexity index is 1090. The quantitative estimate of drug-likeness (QED) is 0.0201. The van der Waals surface area contributed by atoms with Gasteiger partial charge in [-0.2, -0.15) is 0 Å². The Kier molecular flexibility index (Phi) is 33.1. The SMILES string of the molecule is CCCCCCCCCCCCC/C=C/[C@@H](O)[C@H](CO[C@@H]1O[C@H](COP(=O)([O-])OCC[N+](C)(C)C)[C@H](O)[C@H](O)[C@H]1O)CC(=O)CCCCCCCCCCCCCCC. The van der Waals surface area contributed by atoms with Crippen molar-refractivity contribution in [3.63, 3.8) is 0 Å². The van der Waals surface area contributed by atoms with Crippen molar-refractivity contribution in [3.05, 3.63) is 12.2 Å². The summed E-state index contributed by atoms with van der Waals surface area (Å²) < 4.78 is 34.3. The summed E-state index contributed by atoms with van der Waals surface area (Å²) in [6, 6.07) is 0. The average molecular weight is 864 g/mol. The Morgan fingerprint density at radius 1 is 0.712 bits per heavy atom. The number of allylic oxidation sites excluding steroid dienone is 1. The van der Waals surface area contributed by atoms with Crippen LogP contribution in [0.2, 0.25) is 0 Å². The number of likely N-dealkylation sites (N-methyl/N-ethyl adjacent to an activating group) is 1. The number of ether oxygens (including phenoxy) is 2. The molecular formula is C46H90NO11P. The number of quaternary nitrogens is 1. The van der Waals surface area contributed by atoms with Gasteiger partial charge in [0.05, 0.1) is 40.5 Å². The number of hydrogen-bond acceptors (Lipinski definition) is 11. The normalized spacial score (nSPS) is 22.2. The third kappa shape index (κ3) is 30.0. The standard InChI is InChI=1S/C46H90NO11P/c1-6-8-10-12-14-16-18-20-22-24-26-28-30-32-40(48)36-39(41(49)33-31-29-27-25-23-21-19-17-15-13-11-9-7-2)37-55-46-45(52)44(51)43(50)42(58-46)38-57-59(53,54)56-35-34-47(3,4)5/h31,33,39,41-46,49-52H,6-30,32,34-38H2,1-5H3/b33-31+/t39-,41+,42+,43-,44-,45+,46+/m0/s1. The number of rotatable bonds is 40. The summed E-state index contributed by atoms with van der Waals surface area (Å²) in [7, 11) is 0.895. The highest BCUT2D eigenvalue weighted by molar-refractivity contribution is 7.45. The van der Waals surface area contributed by atoms with Crippen LogP contribution in [0.5, 0.6) is 0 Å². The van der Waals surface area contributed by atoms with Gasteiger partial charge in [0.25, 0.3) is 7.82 Å². The van der Waals surface area contributed by atoms with Crippen molar-refractivity contribution in [1.29, 1.82) is 0 Å². The molecule has 0 aromatic carbocycles. The lowest BCUT2D eigenvalue weighted by Crippen LogP contribution is -2.59. The summed E-state index contributed by atoms with van der Waals surface area (Å²) in [5, 5.41) is 43.1. The summed E-state index contributed by atoms with van der Waals surface area (Å²) in [5.41, 5.74) is 0. The molecule has 13 heteroatoms. The molecule has 1 fully saturated rings. The molecule has 0 bridgehead atoms. The number of aliphatic hydroxyl groups is 4. The number of carbonyl (C=O) groups is 1. The number of phosphoric acid groups is 1. The zero-order valence-corrected chi connectivity index (χ0v) is 39.1. The van der Waals surface area contributed by atoms with E-state index >= 15 is 0 Å². The van der Waals surface area contributed by atoms with Crippen LogP contribution in [-0.4, -0.2) is 115 Å². The van der Waals surface area contributed by atoms with Gasteiger partial charge in [-0.1, -0.05) is 167 Å². The molecule has 1 aliphatic rings. The van der Waals surface area contributed by atoms with E-state index in [1.165, 1.54) is 122 Å². The first kappa shape index (κ1) is 56.3. The summed E-state index contributed by atoms with van der Waals surface area (Å²) in [6.07, 6.45) is 25.7. The number of ketones is 1. The van der Waals surface area contributed by atoms with Crippen molar-refractivity contribution in [1.82, 2.24) is 0 Å². The number of nitrogens with zero attached hydrogens (tertiary/aromatic N) is 1. The number of hydrogen-bond donors (Lipinski definition) is 4. The van der Waals surface area contributed by atoms with Gasteiger partial charge in [-0.3, -0.25) is 9.36 Å². The van der Waals surface area contributed by atoms with Crippen LogP contribution in [0.25, 0.3) is 0 Å². The molecule has 0 radical (unpaired) electrons. The summed E-state index contributed by atoms with van der Waals surface area (Å²) in [5.74, 6) is -0.633. The predicted octanol–water partition coefficient (Wildman–Crippen LogP) is 8.69. The topological polar surface area (TPSA) is 175 Å². The molecule has 1 aliphatic heterocycles. The number of aliphatic hydroxyl groups excluding tert-OH is 4. The van der Waals surface area contributed by atoms with Gasteiger partial charge in [0, 0.05) is 18.8 Å². The van der Waals surface area contributed by atoms with Crippen LogP contribution >= 0.6 is 7.82 Å². The van der Waals surface area contributed by atoms with Gasteiger partial charge in [0.1, 0.15) is 43.4 Å². The minimum atomic E-state index is -4.76. The molecular weight excluding hydrogens is 773 g/mol. The fraction of sp³-hybridized carbons (Fsp3) is 0.935. The van der Waals surface area contributed by atoms with E-state index in [4.69, 9.17) is 18.5 Å². The first-order valence-electron chi connectivity index (χ1n) is 23.8. The number of carbonyl (C=O) groups excluding carboxylic acids is 1. The van der Waals surface area contributed by atoms with Crippen LogP contribution in [0.15, 0.2) is 12.2 Å². The number of phosphoric ester groups is 1. The molecule has 0 aromatic heterocycles. The van der Waals surface area contributed by atoms with Crippen molar-refractivity contribution < 1.29 is 57.7 Å². The van der Waals surface area contributed by atoms with Gasteiger partial charge < -0.3 is 48.3 Å². The van der Waals surface area contributed by atoms with E-state index in [0.717, 1.165) is 38.5 Å². The van der Waals surface area contributed by atoms with Crippen molar-refractivity contribution in [2.45, 2.75) is 224 Å². The lowest BCUT2D eigenvalue weighted by Gasteiger charge is -2.41. The molecule has 1 unspecified atom stereocenters. The summed E-state index contributed by atoms with van der Waals surface area (Å²) in [4.78, 5) is 25.5. The first-order chi connectivity index (χ1) is 28.2. The maximum Gasteiger partial charge on any atom is 0.268 e. The Balaban J connectivity index is 2.67. The van der Waals surface area contributed by atoms with Crippen molar-refractivity contribution in [2.75, 3.05) is 47.5 Å². The largest absolute Gasteiger partial charge is 0.756 e. The lowest BCUT2D eigenvalue weighted by atomic mass is 9.93. The minimum absolute atomic E-state index is 0.0165. The Hall–Kier alpha value is -0.760. The Labute approximate surface area is 360 Å². The van der Waals surface area contributed by atoms with Crippen LogP contribution in [0.4, 0.5) is 0 Å². The third-order valence-corrected chi connectivity index (χ3v) is 12.4. The molecule has 0 saturated carbocycles. The second kappa shape index (κ2) is 34.7. The van der Waals surface area contributed by atoms with Crippen LogP contribution in [-0.2, 0) is 27.9 Å². The molecule has 8 atom stereocenters. The van der Waals surface area contributed by atoms with E-state index in [1.807, 2.05) is 27.2 Å². The molecule has 1 saturated heterocycles. The van der Waals surface area contributed by atoms with Gasteiger partial charge in [0.15, 0.2) is 6.29 Å². The molecule has 0 amide bonds.